The zero-order chi connectivity index (χ0) is 12.4. The first kappa shape index (κ1) is 12.3. The molecule has 2 rings (SSSR count). The molecule has 2 unspecified atom stereocenters. The number of amides is 1. The quantitative estimate of drug-likeness (QED) is 0.872. The molecule has 1 saturated heterocycles. The van der Waals surface area contributed by atoms with E-state index in [9.17, 15) is 9.90 Å². The number of rotatable bonds is 2. The van der Waals surface area contributed by atoms with Crippen LogP contribution < -0.4 is 0 Å². The number of carbonyl (C=O) groups is 1. The van der Waals surface area contributed by atoms with Crippen LogP contribution in [0.15, 0.2) is 18.3 Å². The highest BCUT2D eigenvalue weighted by Gasteiger charge is 2.34. The Morgan fingerprint density at radius 1 is 1.65 bits per heavy atom. The number of aromatic nitrogens is 1. The number of carbonyl (C=O) groups excluding carboxylic acids is 1. The Hall–Kier alpha value is -1.13. The van der Waals surface area contributed by atoms with E-state index in [-0.39, 0.29) is 18.6 Å². The summed E-state index contributed by atoms with van der Waals surface area (Å²) in [6.45, 7) is 2.72. The highest BCUT2D eigenvalue weighted by molar-refractivity contribution is 6.30. The average Bonchev–Trinajstić information content (AvgIpc) is 2.70. The van der Waals surface area contributed by atoms with Gasteiger partial charge in [0.2, 0.25) is 0 Å². The molecule has 0 aromatic carbocycles. The monoisotopic (exact) mass is 254 g/mol. The molecule has 1 aromatic rings. The van der Waals surface area contributed by atoms with Crippen LogP contribution in [-0.2, 0) is 0 Å². The minimum absolute atomic E-state index is 0.000492. The van der Waals surface area contributed by atoms with Gasteiger partial charge in [0.1, 0.15) is 5.69 Å². The maximum Gasteiger partial charge on any atom is 0.272 e. The summed E-state index contributed by atoms with van der Waals surface area (Å²) >= 11 is 5.73. The van der Waals surface area contributed by atoms with Gasteiger partial charge in [-0.3, -0.25) is 4.79 Å². The first-order valence-corrected chi connectivity index (χ1v) is 6.04. The van der Waals surface area contributed by atoms with E-state index < -0.39 is 0 Å². The van der Waals surface area contributed by atoms with Crippen molar-refractivity contribution in [1.82, 2.24) is 9.88 Å². The Morgan fingerprint density at radius 2 is 2.41 bits per heavy atom. The molecule has 1 aromatic heterocycles. The molecule has 5 heteroatoms. The SMILES string of the molecule is CC1CCN(C(=O)c2ccc(Cl)cn2)C1CO. The standard InChI is InChI=1S/C12H15ClN2O2/c1-8-4-5-15(11(8)7-16)12(17)10-3-2-9(13)6-14-10/h2-3,6,8,11,16H,4-5,7H2,1H3. The Bertz CT molecular complexity index is 407. The molecule has 1 N–H and O–H groups in total. The van der Waals surface area contributed by atoms with Crippen LogP contribution in [0.2, 0.25) is 5.02 Å². The van der Waals surface area contributed by atoms with E-state index in [1.165, 1.54) is 6.20 Å². The Kier molecular flexibility index (Phi) is 3.64. The third-order valence-corrected chi connectivity index (χ3v) is 3.50. The lowest BCUT2D eigenvalue weighted by atomic mass is 10.0. The van der Waals surface area contributed by atoms with Gasteiger partial charge >= 0.3 is 0 Å². The molecule has 17 heavy (non-hydrogen) atoms. The van der Waals surface area contributed by atoms with Gasteiger partial charge in [0.05, 0.1) is 17.7 Å². The van der Waals surface area contributed by atoms with Crippen LogP contribution in [0.1, 0.15) is 23.8 Å². The molecule has 0 spiro atoms. The number of halogens is 1. The van der Waals surface area contributed by atoms with Crippen LogP contribution in [0.25, 0.3) is 0 Å². The van der Waals surface area contributed by atoms with Gasteiger partial charge < -0.3 is 10.0 Å². The van der Waals surface area contributed by atoms with Crippen molar-refractivity contribution in [1.29, 1.82) is 0 Å². The van der Waals surface area contributed by atoms with Crippen molar-refractivity contribution in [2.45, 2.75) is 19.4 Å². The Labute approximate surface area is 105 Å². The fraction of sp³-hybridized carbons (Fsp3) is 0.500. The smallest absolute Gasteiger partial charge is 0.272 e. The van der Waals surface area contributed by atoms with Crippen molar-refractivity contribution in [3.8, 4) is 0 Å². The number of aliphatic hydroxyl groups is 1. The van der Waals surface area contributed by atoms with Gasteiger partial charge in [0, 0.05) is 12.7 Å². The Morgan fingerprint density at radius 3 is 3.00 bits per heavy atom. The summed E-state index contributed by atoms with van der Waals surface area (Å²) < 4.78 is 0. The molecule has 1 aliphatic rings. The molecule has 2 heterocycles. The van der Waals surface area contributed by atoms with Crippen LogP contribution in [-0.4, -0.2) is 40.1 Å². The number of hydrogen-bond acceptors (Lipinski definition) is 3. The number of nitrogens with zero attached hydrogens (tertiary/aromatic N) is 2. The van der Waals surface area contributed by atoms with E-state index in [0.717, 1.165) is 6.42 Å². The van der Waals surface area contributed by atoms with E-state index in [4.69, 9.17) is 11.6 Å². The van der Waals surface area contributed by atoms with E-state index in [1.54, 1.807) is 17.0 Å². The van der Waals surface area contributed by atoms with Crippen molar-refractivity contribution in [2.75, 3.05) is 13.2 Å². The van der Waals surface area contributed by atoms with Gasteiger partial charge in [-0.15, -0.1) is 0 Å². The fourth-order valence-electron chi connectivity index (χ4n) is 2.19. The third kappa shape index (κ3) is 2.42. The van der Waals surface area contributed by atoms with Gasteiger partial charge in [0.25, 0.3) is 5.91 Å². The number of likely N-dealkylation sites (tertiary alicyclic amines) is 1. The molecular weight excluding hydrogens is 240 g/mol. The number of hydrogen-bond donors (Lipinski definition) is 1. The van der Waals surface area contributed by atoms with Gasteiger partial charge in [-0.25, -0.2) is 4.98 Å². The normalized spacial score (nSPS) is 24.1. The second-order valence-corrected chi connectivity index (χ2v) is 4.81. The molecule has 92 valence electrons. The lowest BCUT2D eigenvalue weighted by molar-refractivity contribution is 0.0642. The Balaban J connectivity index is 2.17. The van der Waals surface area contributed by atoms with Crippen molar-refractivity contribution < 1.29 is 9.90 Å². The van der Waals surface area contributed by atoms with Gasteiger partial charge in [-0.1, -0.05) is 18.5 Å². The third-order valence-electron chi connectivity index (χ3n) is 3.28. The van der Waals surface area contributed by atoms with Gasteiger partial charge in [-0.05, 0) is 24.5 Å². The summed E-state index contributed by atoms with van der Waals surface area (Å²) in [4.78, 5) is 17.9. The van der Waals surface area contributed by atoms with E-state index >= 15 is 0 Å². The van der Waals surface area contributed by atoms with Crippen LogP contribution in [0.5, 0.6) is 0 Å². The maximum absolute atomic E-state index is 12.2. The molecule has 1 aliphatic heterocycles. The van der Waals surface area contributed by atoms with Crippen LogP contribution in [0.4, 0.5) is 0 Å². The number of aliphatic hydroxyl groups excluding tert-OH is 1. The van der Waals surface area contributed by atoms with Gasteiger partial charge in [-0.2, -0.15) is 0 Å². The molecule has 2 atom stereocenters. The minimum atomic E-state index is -0.134. The summed E-state index contributed by atoms with van der Waals surface area (Å²) in [7, 11) is 0. The highest BCUT2D eigenvalue weighted by atomic mass is 35.5. The lowest BCUT2D eigenvalue weighted by Crippen LogP contribution is -2.40. The molecule has 0 radical (unpaired) electrons. The minimum Gasteiger partial charge on any atom is -0.394 e. The van der Waals surface area contributed by atoms with Crippen LogP contribution in [0, 0.1) is 5.92 Å². The van der Waals surface area contributed by atoms with Crippen molar-refractivity contribution in [3.05, 3.63) is 29.0 Å². The first-order valence-electron chi connectivity index (χ1n) is 5.67. The van der Waals surface area contributed by atoms with E-state index in [2.05, 4.69) is 4.98 Å². The number of pyridine rings is 1. The van der Waals surface area contributed by atoms with Crippen molar-refractivity contribution >= 4 is 17.5 Å². The van der Waals surface area contributed by atoms with Gasteiger partial charge in [0.15, 0.2) is 0 Å². The van der Waals surface area contributed by atoms with E-state index in [0.29, 0.717) is 23.2 Å². The summed E-state index contributed by atoms with van der Waals surface area (Å²) in [6.07, 6.45) is 2.38. The lowest BCUT2D eigenvalue weighted by Gasteiger charge is -2.24. The molecular formula is C12H15ClN2O2. The topological polar surface area (TPSA) is 53.4 Å². The van der Waals surface area contributed by atoms with Crippen LogP contribution in [0.3, 0.4) is 0 Å². The predicted molar refractivity (Wildman–Crippen MR) is 64.9 cm³/mol. The molecule has 4 nitrogen and oxygen atoms in total. The van der Waals surface area contributed by atoms with Crippen molar-refractivity contribution in [3.63, 3.8) is 0 Å². The summed E-state index contributed by atoms with van der Waals surface area (Å²) in [5, 5.41) is 9.82. The maximum atomic E-state index is 12.2. The average molecular weight is 255 g/mol. The summed E-state index contributed by atoms with van der Waals surface area (Å²) in [6, 6.07) is 3.16. The van der Waals surface area contributed by atoms with Crippen molar-refractivity contribution in [2.24, 2.45) is 5.92 Å². The largest absolute Gasteiger partial charge is 0.394 e. The summed E-state index contributed by atoms with van der Waals surface area (Å²) in [5.74, 6) is 0.196. The highest BCUT2D eigenvalue weighted by Crippen LogP contribution is 2.25. The second-order valence-electron chi connectivity index (χ2n) is 4.38. The zero-order valence-electron chi connectivity index (χ0n) is 9.64. The molecule has 1 fully saturated rings. The molecule has 0 aliphatic carbocycles. The molecule has 0 saturated carbocycles. The predicted octanol–water partition coefficient (Wildman–Crippen LogP) is 1.58. The molecule has 1 amide bonds. The summed E-state index contributed by atoms with van der Waals surface area (Å²) in [5.41, 5.74) is 0.377. The molecule has 0 bridgehead atoms. The second kappa shape index (κ2) is 5.02. The first-order chi connectivity index (χ1) is 8.13. The van der Waals surface area contributed by atoms with Crippen LogP contribution >= 0.6 is 11.6 Å². The van der Waals surface area contributed by atoms with E-state index in [1.807, 2.05) is 6.92 Å². The zero-order valence-corrected chi connectivity index (χ0v) is 10.4. The fourth-order valence-corrected chi connectivity index (χ4v) is 2.30.